The zero-order valence-corrected chi connectivity index (χ0v) is 87.7. The standard InChI is InChI=1S/C107H158N14O25S/c1-71(2)96(87(125)64-72(3)100(131)114-83(69-122)86(124)66-73-27-28-74-30-33-89-104(4,80(74)65-73)39-18-41-106(89,6)102(133)116-103(134)107(7)42-19-40-105(5)81-67-77(123)32-29-75(81)31-34-90(105)107)115-101(132)82(23-16-17-43-110-94(129)70-146-88-26-11-9-10-25-85-99(88)118-119-121(85)46-50-141-54-58-145-62-60-142-55-51-138-47-37-92(127)112-45-63-147(135,136)137)113-93(128)38-48-139-52-56-143-59-61-144-57-53-140-49-44-111-91(126)35-36-95(130)120-68-76-20-12-13-21-78(76)97(109-8)98(117-108)79-22-14-15-24-84(79)120/h12-15,20-22,24,27-29,32,65,67,71-72,82-83,88-90,96,109,117-119,122-123H,9-11,16-19,23,25-26,30-31,33-64,66,68-70,108H2,1-8H3,(H,110,129)(H,111,126)(H,112,127)(H,113,128)(H,114,131)(H,115,132)(H,116,133,134)(H,135,136,137)/b98-97-/t72-,82-,83+,88?,89-,90-,96+,104-,105-,106+,107+/m1/s1. The van der Waals surface area contributed by atoms with Crippen molar-refractivity contribution in [3.8, 4) is 5.75 Å². The average molecular weight is 2070 g/mol. The fraction of sp³-hybridized carbons (Fsp3) is 0.636. The van der Waals surface area contributed by atoms with Crippen LogP contribution in [0.15, 0.2) is 96.3 Å². The smallest absolute Gasteiger partial charge is 0.266 e. The van der Waals surface area contributed by atoms with Crippen LogP contribution in [0.25, 0.3) is 11.4 Å². The molecule has 0 saturated heterocycles. The molecule has 2 fully saturated rings. The van der Waals surface area contributed by atoms with Crippen molar-refractivity contribution >= 4 is 91.9 Å². The number of benzene rings is 4. The van der Waals surface area contributed by atoms with E-state index in [0.717, 1.165) is 121 Å². The van der Waals surface area contributed by atoms with E-state index in [9.17, 15) is 71.4 Å². The molecule has 5 aliphatic carbocycles. The minimum Gasteiger partial charge on any atom is -0.508 e. The number of nitrogens with zero attached hydrogens (tertiary/aromatic N) is 2. The highest BCUT2D eigenvalue weighted by atomic mass is 32.2. The molecule has 11 rings (SSSR count). The van der Waals surface area contributed by atoms with Gasteiger partial charge in [0.1, 0.15) is 30.5 Å². The number of Topliss-reactive ketones (excluding diaryl/α,β-unsaturated/α-hetero) is 2. The molecule has 2 aliphatic heterocycles. The second-order valence-corrected chi connectivity index (χ2v) is 42.2. The maximum atomic E-state index is 15.0. The first-order valence-electron chi connectivity index (χ1n) is 52.4. The summed E-state index contributed by atoms with van der Waals surface area (Å²) in [5.74, 6) is -0.545. The van der Waals surface area contributed by atoms with E-state index in [0.29, 0.717) is 102 Å². The van der Waals surface area contributed by atoms with Crippen LogP contribution < -0.4 is 69.7 Å². The van der Waals surface area contributed by atoms with Crippen molar-refractivity contribution in [1.82, 2.24) is 63.9 Å². The Kier molecular flexibility index (Phi) is 45.7. The average Bonchev–Trinajstić information content (AvgIpc) is 1.07. The van der Waals surface area contributed by atoms with E-state index in [1.165, 1.54) is 12.5 Å². The number of phenols is 1. The van der Waals surface area contributed by atoms with Gasteiger partial charge in [-0.15, -0.1) is 5.53 Å². The van der Waals surface area contributed by atoms with Crippen LogP contribution in [0.4, 0.5) is 5.69 Å². The van der Waals surface area contributed by atoms with Gasteiger partial charge in [0.2, 0.25) is 53.2 Å². The molecule has 812 valence electrons. The Morgan fingerprint density at radius 1 is 0.537 bits per heavy atom. The highest BCUT2D eigenvalue weighted by Crippen LogP contribution is 2.60. The van der Waals surface area contributed by atoms with Crippen LogP contribution in [0.3, 0.4) is 0 Å². The van der Waals surface area contributed by atoms with Crippen LogP contribution in [0.5, 0.6) is 5.75 Å². The zero-order chi connectivity index (χ0) is 106. The summed E-state index contributed by atoms with van der Waals surface area (Å²) in [6, 6.07) is 23.1. The third-order valence-corrected chi connectivity index (χ3v) is 30.7. The number of aliphatic hydroxyl groups is 1. The molecular weight excluding hydrogens is 1910 g/mol. The minimum atomic E-state index is -4.16. The molecule has 9 amide bonds. The van der Waals surface area contributed by atoms with Gasteiger partial charge in [-0.3, -0.25) is 73.5 Å². The maximum absolute atomic E-state index is 15.0. The summed E-state index contributed by atoms with van der Waals surface area (Å²) in [5.41, 5.74) is 18.3. The van der Waals surface area contributed by atoms with E-state index in [4.69, 9.17) is 53.0 Å². The van der Waals surface area contributed by atoms with Gasteiger partial charge < -0.3 is 106 Å². The van der Waals surface area contributed by atoms with Gasteiger partial charge in [-0.1, -0.05) is 141 Å². The summed E-state index contributed by atoms with van der Waals surface area (Å²) < 4.78 is 81.9. The van der Waals surface area contributed by atoms with Crippen molar-refractivity contribution < 1.29 is 119 Å². The van der Waals surface area contributed by atoms with E-state index in [-0.39, 0.29) is 196 Å². The Balaban J connectivity index is 0.610. The van der Waals surface area contributed by atoms with Gasteiger partial charge >= 0.3 is 0 Å². The zero-order valence-electron chi connectivity index (χ0n) is 86.8. The maximum Gasteiger partial charge on any atom is 0.266 e. The first-order valence-corrected chi connectivity index (χ1v) is 54.0. The molecule has 2 saturated carbocycles. The molecule has 7 aliphatic rings. The van der Waals surface area contributed by atoms with Crippen molar-refractivity contribution in [3.05, 3.63) is 141 Å². The number of anilines is 1. The lowest BCUT2D eigenvalue weighted by molar-refractivity contribution is -0.150. The minimum absolute atomic E-state index is 0.0251. The molecule has 0 aromatic heterocycles. The van der Waals surface area contributed by atoms with E-state index in [1.54, 1.807) is 24.8 Å². The number of aromatic hydroxyl groups is 1. The van der Waals surface area contributed by atoms with Crippen LogP contribution >= 0.6 is 0 Å². The Morgan fingerprint density at radius 3 is 1.71 bits per heavy atom. The molecule has 39 nitrogen and oxygen atoms in total. The molecular formula is C107H158N14O25S. The van der Waals surface area contributed by atoms with Gasteiger partial charge in [-0.2, -0.15) is 8.42 Å². The molecule has 0 spiro atoms. The van der Waals surface area contributed by atoms with Crippen molar-refractivity contribution in [1.29, 1.82) is 0 Å². The second kappa shape index (κ2) is 57.5. The summed E-state index contributed by atoms with van der Waals surface area (Å²) >= 11 is 0. The molecule has 40 heteroatoms. The van der Waals surface area contributed by atoms with Crippen LogP contribution in [0.1, 0.15) is 228 Å². The van der Waals surface area contributed by atoms with Crippen molar-refractivity contribution in [2.45, 2.75) is 244 Å². The number of rotatable bonds is 61. The number of aryl methyl sites for hydroxylation is 2. The predicted molar refractivity (Wildman–Crippen MR) is 550 cm³/mol. The number of fused-ring (bicyclic) bond motifs is 8. The van der Waals surface area contributed by atoms with Crippen LogP contribution in [0.2, 0.25) is 0 Å². The largest absolute Gasteiger partial charge is 0.508 e. The lowest BCUT2D eigenvalue weighted by Crippen LogP contribution is -2.60. The molecule has 0 radical (unpaired) electrons. The number of phenolic OH excluding ortho intramolecular Hbond substituents is 1. The summed E-state index contributed by atoms with van der Waals surface area (Å²) in [4.78, 5) is 155. The second-order valence-electron chi connectivity index (χ2n) is 40.7. The Bertz CT molecular complexity index is 5300. The van der Waals surface area contributed by atoms with Crippen molar-refractivity contribution in [2.75, 3.05) is 163 Å². The number of allylic oxidation sites excluding steroid dienone is 1. The lowest BCUT2D eigenvalue weighted by atomic mass is 9.49. The van der Waals surface area contributed by atoms with E-state index in [2.05, 4.69) is 72.8 Å². The molecule has 4 aromatic rings. The van der Waals surface area contributed by atoms with Gasteiger partial charge in [0, 0.05) is 82.3 Å². The number of hydrogen-bond donors (Lipinski definition) is 15. The highest BCUT2D eigenvalue weighted by molar-refractivity contribution is 7.85. The molecule has 1 unspecified atom stereocenters. The summed E-state index contributed by atoms with van der Waals surface area (Å²) in [7, 11) is -2.34. The Hall–Kier alpha value is -10.4. The summed E-state index contributed by atoms with van der Waals surface area (Å²) in [5, 5.41) is 46.1. The molecule has 11 atom stereocenters. The van der Waals surface area contributed by atoms with Crippen LogP contribution in [-0.2, 0) is 142 Å². The number of hydrazine groups is 3. The first-order chi connectivity index (χ1) is 70.6. The molecule has 147 heavy (non-hydrogen) atoms. The molecule has 4 aromatic carbocycles. The fourth-order valence-electron chi connectivity index (χ4n) is 22.1. The van der Waals surface area contributed by atoms with Crippen molar-refractivity contribution in [2.24, 2.45) is 40.3 Å². The number of carbonyl (C=O) groups excluding carboxylic acids is 11. The first kappa shape index (κ1) is 117. The number of ketones is 2. The number of para-hydroxylation sites is 1. The monoisotopic (exact) mass is 2070 g/mol. The van der Waals surface area contributed by atoms with Gasteiger partial charge in [-0.25, -0.2) is 0 Å². The van der Waals surface area contributed by atoms with Gasteiger partial charge in [0.25, 0.3) is 10.1 Å². The number of aliphatic hydroxyl groups excluding tert-OH is 1. The number of nitrogens with two attached hydrogens (primary N) is 1. The van der Waals surface area contributed by atoms with Gasteiger partial charge in [0.05, 0.1) is 177 Å². The lowest BCUT2D eigenvalue weighted by Gasteiger charge is -2.56. The van der Waals surface area contributed by atoms with Gasteiger partial charge in [-0.05, 0) is 170 Å². The van der Waals surface area contributed by atoms with E-state index >= 15 is 0 Å². The number of ether oxygens (including phenoxy) is 9. The number of nitrogens with one attached hydrogen (secondary N) is 11. The van der Waals surface area contributed by atoms with Crippen molar-refractivity contribution in [3.63, 3.8) is 0 Å². The topological polar surface area (TPSA) is 530 Å². The predicted octanol–water partition coefficient (Wildman–Crippen LogP) is 6.61. The highest BCUT2D eigenvalue weighted by Gasteiger charge is 2.59. The van der Waals surface area contributed by atoms with E-state index in [1.807, 2.05) is 105 Å². The SMILES string of the molecule is CN/C1=C(\NN)c2ccccc2N(C(=O)CCC(=O)NCCOCCOCCOCCOCCC(=O)N[C@H](CCCCNC(=O)COC2CCCCCC3=C2NNN3CCOCCOCCOCCOCCC(=O)NCCS(=O)(=O)O)C(=O)N[C@H](C(=O)C[C@@H](C)C(=O)N[C@@H](CO)C(=O)Cc2ccc3c(c2)[C@@]2(C)CCC[C@](C)(C(=O)NC(=O)[C@@]4(C)CCC[C@]5(C)c6cc(O)ccc6CC[C@@H]45)[C@@H]2CC3)C(C)C)Cc2ccccc21. The number of unbranched alkanes of at least 4 members (excludes halogenated alkanes) is 1. The Morgan fingerprint density at radius 2 is 1.10 bits per heavy atom. The van der Waals surface area contributed by atoms with Crippen LogP contribution in [0, 0.1) is 34.5 Å². The fourth-order valence-corrected chi connectivity index (χ4v) is 22.4. The van der Waals surface area contributed by atoms with E-state index < -0.39 is 110 Å². The summed E-state index contributed by atoms with van der Waals surface area (Å²) in [6.45, 7) is 17.4. The number of hydrogen-bond acceptors (Lipinski definition) is 30. The molecule has 0 bridgehead atoms. The Labute approximate surface area is 863 Å². The number of amides is 9. The molecule has 16 N–H and O–H groups in total. The van der Waals surface area contributed by atoms with Crippen LogP contribution in [-0.4, -0.2) is 275 Å². The molecule has 2 heterocycles. The third-order valence-electron chi connectivity index (χ3n) is 30.0. The summed E-state index contributed by atoms with van der Waals surface area (Å²) in [6.07, 6.45) is 11.5. The van der Waals surface area contributed by atoms with Gasteiger partial charge in [0.15, 0.2) is 11.6 Å². The quantitative estimate of drug-likeness (QED) is 0.00727. The third kappa shape index (κ3) is 33.0. The number of carbonyl (C=O) groups is 11. The normalized spacial score (nSPS) is 21.8. The number of imide groups is 1.